The Morgan fingerprint density at radius 3 is 3.00 bits per heavy atom. The Labute approximate surface area is 182 Å². The SMILES string of the molecule is C#C[C@@H]1CCc2nnc(-c3cccc(NC(=O)c4cn(-c5cnccn5)nc4OC)n3)n21. The molecule has 0 aromatic carbocycles. The van der Waals surface area contributed by atoms with Crippen LogP contribution in [0.25, 0.3) is 17.3 Å². The second kappa shape index (κ2) is 7.92. The van der Waals surface area contributed by atoms with Crippen molar-refractivity contribution >= 4 is 11.7 Å². The summed E-state index contributed by atoms with van der Waals surface area (Å²) in [4.78, 5) is 25.7. The van der Waals surface area contributed by atoms with Gasteiger partial charge in [0.25, 0.3) is 5.91 Å². The van der Waals surface area contributed by atoms with Gasteiger partial charge in [0.15, 0.2) is 11.6 Å². The second-order valence-corrected chi connectivity index (χ2v) is 6.95. The van der Waals surface area contributed by atoms with E-state index < -0.39 is 5.91 Å². The van der Waals surface area contributed by atoms with Gasteiger partial charge >= 0.3 is 0 Å². The van der Waals surface area contributed by atoms with Crippen molar-refractivity contribution in [2.75, 3.05) is 12.4 Å². The van der Waals surface area contributed by atoms with Crippen LogP contribution in [0.3, 0.4) is 0 Å². The lowest BCUT2D eigenvalue weighted by atomic mass is 10.2. The third kappa shape index (κ3) is 3.33. The number of terminal acetylenes is 1. The molecule has 4 aromatic heterocycles. The Kier molecular flexibility index (Phi) is 4.79. The summed E-state index contributed by atoms with van der Waals surface area (Å²) in [5.74, 6) is 4.68. The van der Waals surface area contributed by atoms with Gasteiger partial charge in [-0.15, -0.1) is 21.7 Å². The Hall–Kier alpha value is -4.59. The molecule has 158 valence electrons. The first kappa shape index (κ1) is 19.4. The van der Waals surface area contributed by atoms with E-state index in [4.69, 9.17) is 11.2 Å². The average molecular weight is 427 g/mol. The van der Waals surface area contributed by atoms with Crippen molar-refractivity contribution in [1.82, 2.24) is 39.5 Å². The summed E-state index contributed by atoms with van der Waals surface area (Å²) in [6.45, 7) is 0. The number of hydrogen-bond donors (Lipinski definition) is 1. The number of carbonyl (C=O) groups is 1. The highest BCUT2D eigenvalue weighted by Crippen LogP contribution is 2.30. The third-order valence-corrected chi connectivity index (χ3v) is 5.03. The molecular formula is C21H17N9O2. The van der Waals surface area contributed by atoms with Crippen molar-refractivity contribution < 1.29 is 9.53 Å². The summed E-state index contributed by atoms with van der Waals surface area (Å²) in [7, 11) is 1.44. The average Bonchev–Trinajstić information content (AvgIpc) is 3.54. The van der Waals surface area contributed by atoms with Gasteiger partial charge < -0.3 is 10.1 Å². The third-order valence-electron chi connectivity index (χ3n) is 5.03. The van der Waals surface area contributed by atoms with Crippen molar-refractivity contribution in [3.63, 3.8) is 0 Å². The van der Waals surface area contributed by atoms with E-state index in [1.165, 1.54) is 30.4 Å². The van der Waals surface area contributed by atoms with Crippen LogP contribution in [0.2, 0.25) is 0 Å². The van der Waals surface area contributed by atoms with Gasteiger partial charge in [0.2, 0.25) is 5.88 Å². The Morgan fingerprint density at radius 1 is 1.31 bits per heavy atom. The molecule has 4 aromatic rings. The van der Waals surface area contributed by atoms with Gasteiger partial charge in [-0.1, -0.05) is 12.0 Å². The highest BCUT2D eigenvalue weighted by molar-refractivity contribution is 6.05. The van der Waals surface area contributed by atoms with Gasteiger partial charge in [-0.2, -0.15) is 0 Å². The number of nitrogens with zero attached hydrogens (tertiary/aromatic N) is 8. The molecule has 1 aliphatic rings. The maximum atomic E-state index is 12.9. The fourth-order valence-electron chi connectivity index (χ4n) is 3.55. The molecule has 0 saturated heterocycles. The van der Waals surface area contributed by atoms with Gasteiger partial charge in [-0.25, -0.2) is 14.6 Å². The van der Waals surface area contributed by atoms with Crippen LogP contribution in [0.4, 0.5) is 5.82 Å². The molecule has 0 unspecified atom stereocenters. The largest absolute Gasteiger partial charge is 0.479 e. The first-order valence-corrected chi connectivity index (χ1v) is 9.76. The van der Waals surface area contributed by atoms with E-state index in [1.807, 2.05) is 4.57 Å². The monoisotopic (exact) mass is 427 g/mol. The number of hydrogen-bond acceptors (Lipinski definition) is 8. The number of fused-ring (bicyclic) bond motifs is 1. The summed E-state index contributed by atoms with van der Waals surface area (Å²) < 4.78 is 8.60. The van der Waals surface area contributed by atoms with Crippen LogP contribution < -0.4 is 10.1 Å². The number of anilines is 1. The predicted octanol–water partition coefficient (Wildman–Crippen LogP) is 1.70. The standard InChI is InChI=1S/C21H17N9O2/c1-3-13-7-8-17-26-27-19(30(13)17)15-5-4-6-16(24-15)25-20(31)14-12-29(28-21(14)32-2)18-11-22-9-10-23-18/h1,4-6,9-13H,7-8H2,2H3,(H,24,25,31)/t13-/m1/s1. The van der Waals surface area contributed by atoms with E-state index in [9.17, 15) is 4.79 Å². The molecule has 1 aliphatic heterocycles. The quantitative estimate of drug-likeness (QED) is 0.477. The van der Waals surface area contributed by atoms with Crippen LogP contribution in [-0.4, -0.2) is 52.5 Å². The Bertz CT molecular complexity index is 1340. The number of aryl methyl sites for hydroxylation is 1. The lowest BCUT2D eigenvalue weighted by Crippen LogP contribution is -2.14. The van der Waals surface area contributed by atoms with Crippen molar-refractivity contribution in [2.24, 2.45) is 0 Å². The maximum absolute atomic E-state index is 12.9. The fourth-order valence-corrected chi connectivity index (χ4v) is 3.55. The molecule has 0 fully saturated rings. The lowest BCUT2D eigenvalue weighted by Gasteiger charge is -2.10. The second-order valence-electron chi connectivity index (χ2n) is 6.95. The first-order chi connectivity index (χ1) is 15.7. The fraction of sp³-hybridized carbons (Fsp3) is 0.190. The minimum Gasteiger partial charge on any atom is -0.479 e. The van der Waals surface area contributed by atoms with E-state index >= 15 is 0 Å². The molecule has 32 heavy (non-hydrogen) atoms. The number of carbonyl (C=O) groups excluding carboxylic acids is 1. The number of rotatable bonds is 5. The van der Waals surface area contributed by atoms with E-state index in [-0.39, 0.29) is 17.5 Å². The minimum absolute atomic E-state index is 0.105. The Balaban J connectivity index is 1.42. The molecule has 0 aliphatic carbocycles. The van der Waals surface area contributed by atoms with Crippen LogP contribution in [0.1, 0.15) is 28.6 Å². The summed E-state index contributed by atoms with van der Waals surface area (Å²) in [5, 5.41) is 15.5. The van der Waals surface area contributed by atoms with Crippen LogP contribution in [-0.2, 0) is 6.42 Å². The molecule has 1 N–H and O–H groups in total. The van der Waals surface area contributed by atoms with Crippen LogP contribution >= 0.6 is 0 Å². The van der Waals surface area contributed by atoms with Crippen molar-refractivity contribution in [1.29, 1.82) is 0 Å². The van der Waals surface area contributed by atoms with Gasteiger partial charge in [0, 0.05) is 25.0 Å². The van der Waals surface area contributed by atoms with Crippen LogP contribution in [0.5, 0.6) is 5.88 Å². The number of methoxy groups -OCH3 is 1. The normalized spacial score (nSPS) is 14.6. The number of pyridine rings is 1. The maximum Gasteiger partial charge on any atom is 0.263 e. The molecule has 5 heterocycles. The molecule has 11 heteroatoms. The number of ether oxygens (including phenoxy) is 1. The highest BCUT2D eigenvalue weighted by Gasteiger charge is 2.27. The van der Waals surface area contributed by atoms with Crippen molar-refractivity contribution in [3.8, 4) is 35.6 Å². The molecule has 0 spiro atoms. The molecule has 0 radical (unpaired) electrons. The number of amides is 1. The molecule has 11 nitrogen and oxygen atoms in total. The predicted molar refractivity (Wildman–Crippen MR) is 113 cm³/mol. The zero-order chi connectivity index (χ0) is 22.1. The molecule has 1 amide bonds. The van der Waals surface area contributed by atoms with Crippen LogP contribution in [0.15, 0.2) is 43.0 Å². The van der Waals surface area contributed by atoms with Gasteiger partial charge in [-0.3, -0.25) is 14.3 Å². The summed E-state index contributed by atoms with van der Waals surface area (Å²) in [6, 6.07) is 5.15. The first-order valence-electron chi connectivity index (χ1n) is 9.76. The molecule has 0 saturated carbocycles. The zero-order valence-corrected chi connectivity index (χ0v) is 17.0. The summed E-state index contributed by atoms with van der Waals surface area (Å²) >= 11 is 0. The summed E-state index contributed by atoms with van der Waals surface area (Å²) in [6.07, 6.45) is 13.4. The molecule has 5 rings (SSSR count). The van der Waals surface area contributed by atoms with Crippen molar-refractivity contribution in [2.45, 2.75) is 18.9 Å². The number of aromatic nitrogens is 8. The zero-order valence-electron chi connectivity index (χ0n) is 17.0. The van der Waals surface area contributed by atoms with Gasteiger partial charge in [-0.05, 0) is 18.6 Å². The van der Waals surface area contributed by atoms with Gasteiger partial charge in [0.1, 0.15) is 22.9 Å². The van der Waals surface area contributed by atoms with E-state index in [2.05, 4.69) is 41.5 Å². The summed E-state index contributed by atoms with van der Waals surface area (Å²) in [5.41, 5.74) is 0.784. The van der Waals surface area contributed by atoms with E-state index in [0.717, 1.165) is 18.7 Å². The minimum atomic E-state index is -0.436. The van der Waals surface area contributed by atoms with E-state index in [0.29, 0.717) is 23.2 Å². The molecule has 1 atom stereocenters. The van der Waals surface area contributed by atoms with Crippen LogP contribution in [0, 0.1) is 12.3 Å². The van der Waals surface area contributed by atoms with Crippen molar-refractivity contribution in [3.05, 3.63) is 54.4 Å². The lowest BCUT2D eigenvalue weighted by molar-refractivity contribution is 0.102. The van der Waals surface area contributed by atoms with E-state index in [1.54, 1.807) is 24.4 Å². The topological polar surface area (TPSA) is 126 Å². The highest BCUT2D eigenvalue weighted by atomic mass is 16.5. The van der Waals surface area contributed by atoms with Gasteiger partial charge in [0.05, 0.1) is 19.3 Å². The molecule has 0 bridgehead atoms. The number of nitrogens with one attached hydrogen (secondary N) is 1. The Morgan fingerprint density at radius 2 is 2.22 bits per heavy atom. The molecular weight excluding hydrogens is 410 g/mol. The smallest absolute Gasteiger partial charge is 0.263 e.